The summed E-state index contributed by atoms with van der Waals surface area (Å²) in [6, 6.07) is -0.0397. The number of ether oxygens (including phenoxy) is 1. The number of amides is 2. The summed E-state index contributed by atoms with van der Waals surface area (Å²) >= 11 is 0. The van der Waals surface area contributed by atoms with Gasteiger partial charge in [-0.15, -0.1) is 0 Å². The topological polar surface area (TPSA) is 118 Å². The van der Waals surface area contributed by atoms with E-state index in [9.17, 15) is 23.9 Å². The van der Waals surface area contributed by atoms with Gasteiger partial charge in [0.2, 0.25) is 11.8 Å². The molecule has 11 heteroatoms. The van der Waals surface area contributed by atoms with Gasteiger partial charge in [-0.1, -0.05) is 0 Å². The molecule has 2 N–H and O–H groups in total. The molecular formula is C22H28FN5O5. The van der Waals surface area contributed by atoms with Crippen LogP contribution >= 0.6 is 0 Å². The SMILES string of the molecule is Cc1nn2c(O)c(C(=O)NC3CC3)c(=O)n(CC(C)(C)F)c2c1C=CC(=O)N1CCOCC1. The first kappa shape index (κ1) is 23.0. The molecule has 2 amide bonds. The van der Waals surface area contributed by atoms with Crippen LogP contribution in [0.15, 0.2) is 10.9 Å². The van der Waals surface area contributed by atoms with E-state index in [1.54, 1.807) is 11.8 Å². The summed E-state index contributed by atoms with van der Waals surface area (Å²) in [5.74, 6) is -1.58. The lowest BCUT2D eigenvalue weighted by Crippen LogP contribution is -2.39. The second-order valence-electron chi connectivity index (χ2n) is 9.06. The number of carbonyl (C=O) groups is 2. The monoisotopic (exact) mass is 461 g/mol. The first-order valence-corrected chi connectivity index (χ1v) is 11.0. The average molecular weight is 461 g/mol. The van der Waals surface area contributed by atoms with Crippen molar-refractivity contribution in [3.05, 3.63) is 33.3 Å². The number of hydrogen-bond donors (Lipinski definition) is 2. The molecule has 1 aliphatic heterocycles. The van der Waals surface area contributed by atoms with E-state index < -0.39 is 28.6 Å². The molecule has 0 atom stereocenters. The molecule has 4 rings (SSSR count). The zero-order chi connectivity index (χ0) is 23.9. The first-order chi connectivity index (χ1) is 15.6. The van der Waals surface area contributed by atoms with Crippen LogP contribution in [0.4, 0.5) is 4.39 Å². The predicted molar refractivity (Wildman–Crippen MR) is 118 cm³/mol. The number of rotatable bonds is 6. The molecule has 1 saturated carbocycles. The van der Waals surface area contributed by atoms with Gasteiger partial charge in [0.05, 0.1) is 25.5 Å². The van der Waals surface area contributed by atoms with Crippen molar-refractivity contribution in [2.75, 3.05) is 26.3 Å². The van der Waals surface area contributed by atoms with E-state index in [1.807, 2.05) is 0 Å². The van der Waals surface area contributed by atoms with Crippen LogP contribution in [0.3, 0.4) is 0 Å². The van der Waals surface area contributed by atoms with Crippen molar-refractivity contribution < 1.29 is 23.8 Å². The Balaban J connectivity index is 1.83. The van der Waals surface area contributed by atoms with E-state index in [0.717, 1.165) is 21.9 Å². The Kier molecular flexibility index (Phi) is 6.00. The summed E-state index contributed by atoms with van der Waals surface area (Å²) in [7, 11) is 0. The molecule has 3 heterocycles. The van der Waals surface area contributed by atoms with Crippen molar-refractivity contribution in [1.29, 1.82) is 0 Å². The number of halogens is 1. The Bertz CT molecular complexity index is 1180. The molecule has 1 aliphatic carbocycles. The van der Waals surface area contributed by atoms with Gasteiger partial charge in [-0.2, -0.15) is 9.61 Å². The van der Waals surface area contributed by atoms with Gasteiger partial charge in [0.1, 0.15) is 11.3 Å². The minimum absolute atomic E-state index is 0.0397. The van der Waals surface area contributed by atoms with Gasteiger partial charge >= 0.3 is 0 Å². The van der Waals surface area contributed by atoms with Gasteiger partial charge in [0.15, 0.2) is 5.56 Å². The van der Waals surface area contributed by atoms with Gasteiger partial charge in [0, 0.05) is 30.8 Å². The van der Waals surface area contributed by atoms with Crippen molar-refractivity contribution >= 4 is 23.5 Å². The molecule has 2 fully saturated rings. The smallest absolute Gasteiger partial charge is 0.270 e. The summed E-state index contributed by atoms with van der Waals surface area (Å²) in [5, 5.41) is 17.8. The third-order valence-corrected chi connectivity index (χ3v) is 5.61. The highest BCUT2D eigenvalue weighted by atomic mass is 19.1. The van der Waals surface area contributed by atoms with Crippen LogP contribution < -0.4 is 10.9 Å². The van der Waals surface area contributed by atoms with E-state index in [0.29, 0.717) is 37.6 Å². The Morgan fingerprint density at radius 3 is 2.58 bits per heavy atom. The van der Waals surface area contributed by atoms with Crippen molar-refractivity contribution in [1.82, 2.24) is 24.4 Å². The lowest BCUT2D eigenvalue weighted by atomic mass is 10.1. The summed E-state index contributed by atoms with van der Waals surface area (Å²) < 4.78 is 22.1. The molecule has 10 nitrogen and oxygen atoms in total. The van der Waals surface area contributed by atoms with Crippen LogP contribution in [0.2, 0.25) is 0 Å². The molecule has 0 aromatic carbocycles. The molecule has 0 spiro atoms. The number of aryl methyl sites for hydroxylation is 1. The van der Waals surface area contributed by atoms with Crippen LogP contribution in [-0.4, -0.2) is 74.0 Å². The Labute approximate surface area is 189 Å². The highest BCUT2D eigenvalue weighted by Crippen LogP contribution is 2.26. The fourth-order valence-electron chi connectivity index (χ4n) is 3.81. The van der Waals surface area contributed by atoms with Crippen LogP contribution in [-0.2, 0) is 16.1 Å². The van der Waals surface area contributed by atoms with E-state index >= 15 is 0 Å². The summed E-state index contributed by atoms with van der Waals surface area (Å²) in [6.07, 6.45) is 4.45. The van der Waals surface area contributed by atoms with Crippen molar-refractivity contribution in [3.8, 4) is 5.88 Å². The van der Waals surface area contributed by atoms with E-state index in [2.05, 4.69) is 10.4 Å². The Morgan fingerprint density at radius 1 is 1.30 bits per heavy atom. The first-order valence-electron chi connectivity index (χ1n) is 11.0. The van der Waals surface area contributed by atoms with Gasteiger partial charge in [-0.3, -0.25) is 19.0 Å². The molecule has 0 bridgehead atoms. The number of alkyl halides is 1. The lowest BCUT2D eigenvalue weighted by Gasteiger charge is -2.25. The molecule has 0 unspecified atom stereocenters. The largest absolute Gasteiger partial charge is 0.492 e. The zero-order valence-electron chi connectivity index (χ0n) is 18.9. The van der Waals surface area contributed by atoms with Gasteiger partial charge in [-0.05, 0) is 39.7 Å². The molecule has 0 radical (unpaired) electrons. The molecule has 2 aromatic heterocycles. The maximum Gasteiger partial charge on any atom is 0.270 e. The zero-order valence-corrected chi connectivity index (χ0v) is 18.9. The molecule has 2 aromatic rings. The summed E-state index contributed by atoms with van der Waals surface area (Å²) in [5.41, 5.74) is -2.22. The second kappa shape index (κ2) is 8.62. The summed E-state index contributed by atoms with van der Waals surface area (Å²) in [4.78, 5) is 40.2. The van der Waals surface area contributed by atoms with E-state index in [-0.39, 0.29) is 24.1 Å². The number of nitrogens with one attached hydrogen (secondary N) is 1. The van der Waals surface area contributed by atoms with Crippen LogP contribution in [0, 0.1) is 6.92 Å². The van der Waals surface area contributed by atoms with E-state index in [4.69, 9.17) is 4.74 Å². The number of aromatic hydroxyl groups is 1. The predicted octanol–water partition coefficient (Wildman–Crippen LogP) is 1.02. The summed E-state index contributed by atoms with van der Waals surface area (Å²) in [6.45, 7) is 5.75. The maximum atomic E-state index is 14.7. The van der Waals surface area contributed by atoms with E-state index in [1.165, 1.54) is 26.0 Å². The normalized spacial score (nSPS) is 17.2. The minimum atomic E-state index is -1.80. The highest BCUT2D eigenvalue weighted by molar-refractivity contribution is 5.97. The van der Waals surface area contributed by atoms with Crippen LogP contribution in [0.1, 0.15) is 48.3 Å². The minimum Gasteiger partial charge on any atom is -0.492 e. The third kappa shape index (κ3) is 4.77. The molecule has 178 valence electrons. The number of aromatic nitrogens is 3. The van der Waals surface area contributed by atoms with Crippen LogP contribution in [0.25, 0.3) is 11.7 Å². The maximum absolute atomic E-state index is 14.7. The Hall–Kier alpha value is -3.21. The molecule has 33 heavy (non-hydrogen) atoms. The molecule has 2 aliphatic rings. The second-order valence-corrected chi connectivity index (χ2v) is 9.06. The van der Waals surface area contributed by atoms with Crippen molar-refractivity contribution in [2.45, 2.75) is 51.9 Å². The molecular weight excluding hydrogens is 433 g/mol. The lowest BCUT2D eigenvalue weighted by molar-refractivity contribution is -0.129. The number of fused-ring (bicyclic) bond motifs is 1. The third-order valence-electron chi connectivity index (χ3n) is 5.61. The fraction of sp³-hybridized carbons (Fsp3) is 0.545. The quantitative estimate of drug-likeness (QED) is 0.621. The van der Waals surface area contributed by atoms with Gasteiger partial charge in [0.25, 0.3) is 11.5 Å². The number of nitrogens with zero attached hydrogens (tertiary/aromatic N) is 4. The molecule has 1 saturated heterocycles. The highest BCUT2D eigenvalue weighted by Gasteiger charge is 2.31. The standard InChI is InChI=1S/C22H28FN5O5/c1-13-15(6-7-16(29)26-8-10-33-11-9-26)19-27(12-22(2,3)23)20(31)17(21(32)28(19)25-13)18(30)24-14-4-5-14/h6-7,14,32H,4-5,8-12H2,1-3H3,(H,24,30). The fourth-order valence-corrected chi connectivity index (χ4v) is 3.81. The number of carbonyl (C=O) groups excluding carboxylic acids is 2. The Morgan fingerprint density at radius 2 is 1.97 bits per heavy atom. The number of morpholine rings is 1. The van der Waals surface area contributed by atoms with Gasteiger partial charge < -0.3 is 20.1 Å². The number of hydrogen-bond acceptors (Lipinski definition) is 6. The van der Waals surface area contributed by atoms with Crippen LogP contribution in [0.5, 0.6) is 5.88 Å². The van der Waals surface area contributed by atoms with Crippen molar-refractivity contribution in [2.24, 2.45) is 0 Å². The average Bonchev–Trinajstić information content (AvgIpc) is 3.50. The van der Waals surface area contributed by atoms with Crippen molar-refractivity contribution in [3.63, 3.8) is 0 Å². The van der Waals surface area contributed by atoms with Gasteiger partial charge in [-0.25, -0.2) is 4.39 Å².